The molecule has 24 heavy (non-hydrogen) atoms. The first-order valence-electron chi connectivity index (χ1n) is 7.62. The molecule has 0 radical (unpaired) electrons. The Morgan fingerprint density at radius 1 is 0.958 bits per heavy atom. The number of anilines is 1. The lowest BCUT2D eigenvalue weighted by atomic mass is 10.1. The Hall–Kier alpha value is -2.05. The average Bonchev–Trinajstić information content (AvgIpc) is 2.98. The first-order valence-corrected chi connectivity index (χ1v) is 8.56. The third kappa shape index (κ3) is 3.88. The molecular formula is C17H20ClN3O2S. The molecule has 3 rings (SSSR count). The van der Waals surface area contributed by atoms with Crippen LogP contribution in [0.3, 0.4) is 0 Å². The van der Waals surface area contributed by atoms with Crippen LogP contribution in [-0.4, -0.2) is 47.8 Å². The topological polar surface area (TPSA) is 66.6 Å². The van der Waals surface area contributed by atoms with Crippen molar-refractivity contribution in [3.05, 3.63) is 52.2 Å². The number of benzene rings is 1. The van der Waals surface area contributed by atoms with Crippen LogP contribution >= 0.6 is 23.7 Å². The van der Waals surface area contributed by atoms with Gasteiger partial charge in [0.25, 0.3) is 11.8 Å². The van der Waals surface area contributed by atoms with Crippen LogP contribution in [0.2, 0.25) is 0 Å². The van der Waals surface area contributed by atoms with Crippen molar-refractivity contribution in [2.75, 3.05) is 31.9 Å². The Labute approximate surface area is 151 Å². The average molecular weight is 366 g/mol. The van der Waals surface area contributed by atoms with E-state index in [0.717, 1.165) is 12.0 Å². The second-order valence-corrected chi connectivity index (χ2v) is 6.32. The molecule has 128 valence electrons. The summed E-state index contributed by atoms with van der Waals surface area (Å²) >= 11 is 1.52. The minimum absolute atomic E-state index is 0. The highest BCUT2D eigenvalue weighted by Crippen LogP contribution is 2.16. The van der Waals surface area contributed by atoms with E-state index in [1.54, 1.807) is 17.0 Å². The first-order chi connectivity index (χ1) is 11.2. The molecule has 2 amide bonds. The summed E-state index contributed by atoms with van der Waals surface area (Å²) in [6, 6.07) is 8.95. The Balaban J connectivity index is 0.00000208. The summed E-state index contributed by atoms with van der Waals surface area (Å²) < 4.78 is 0. The summed E-state index contributed by atoms with van der Waals surface area (Å²) in [5.41, 5.74) is 7.65. The van der Waals surface area contributed by atoms with Crippen molar-refractivity contribution >= 4 is 41.2 Å². The number of halogens is 1. The van der Waals surface area contributed by atoms with E-state index < -0.39 is 0 Å². The van der Waals surface area contributed by atoms with Crippen molar-refractivity contribution < 1.29 is 9.59 Å². The van der Waals surface area contributed by atoms with Gasteiger partial charge in [0.15, 0.2) is 0 Å². The summed E-state index contributed by atoms with van der Waals surface area (Å²) in [6.45, 7) is 2.39. The molecule has 1 aliphatic rings. The molecule has 2 N–H and O–H groups in total. The molecule has 0 spiro atoms. The van der Waals surface area contributed by atoms with E-state index >= 15 is 0 Å². The van der Waals surface area contributed by atoms with Gasteiger partial charge in [-0.15, -0.1) is 12.4 Å². The maximum Gasteiger partial charge on any atom is 0.256 e. The number of carbonyl (C=O) groups excluding carboxylic acids is 2. The van der Waals surface area contributed by atoms with Crippen LogP contribution in [0.5, 0.6) is 0 Å². The summed E-state index contributed by atoms with van der Waals surface area (Å²) in [5, 5.41) is 3.76. The maximum absolute atomic E-state index is 12.6. The highest BCUT2D eigenvalue weighted by atomic mass is 35.5. The van der Waals surface area contributed by atoms with Crippen LogP contribution in [-0.2, 0) is 0 Å². The molecule has 0 saturated carbocycles. The largest absolute Gasteiger partial charge is 0.398 e. The van der Waals surface area contributed by atoms with Gasteiger partial charge in [0.1, 0.15) is 0 Å². The van der Waals surface area contributed by atoms with Crippen LogP contribution in [0.25, 0.3) is 0 Å². The van der Waals surface area contributed by atoms with E-state index in [2.05, 4.69) is 0 Å². The number of nitrogens with zero attached hydrogens (tertiary/aromatic N) is 2. The SMILES string of the molecule is Cl.Nc1ccccc1C(=O)N1CCCN(C(=O)c2ccsc2)CC1. The smallest absolute Gasteiger partial charge is 0.256 e. The van der Waals surface area contributed by atoms with Crippen LogP contribution < -0.4 is 5.73 Å². The summed E-state index contributed by atoms with van der Waals surface area (Å²) in [7, 11) is 0. The van der Waals surface area contributed by atoms with Gasteiger partial charge < -0.3 is 15.5 Å². The quantitative estimate of drug-likeness (QED) is 0.832. The Kier molecular flexibility index (Phi) is 6.23. The van der Waals surface area contributed by atoms with Crippen molar-refractivity contribution in [1.29, 1.82) is 0 Å². The number of amides is 2. The normalized spacial score (nSPS) is 14.7. The van der Waals surface area contributed by atoms with E-state index in [9.17, 15) is 9.59 Å². The van der Waals surface area contributed by atoms with E-state index in [1.807, 2.05) is 33.9 Å². The van der Waals surface area contributed by atoms with Crippen LogP contribution in [0.15, 0.2) is 41.1 Å². The van der Waals surface area contributed by atoms with Crippen molar-refractivity contribution in [1.82, 2.24) is 9.80 Å². The van der Waals surface area contributed by atoms with Crippen molar-refractivity contribution in [2.45, 2.75) is 6.42 Å². The molecule has 1 fully saturated rings. The van der Waals surface area contributed by atoms with Crippen LogP contribution in [0, 0.1) is 0 Å². The van der Waals surface area contributed by atoms with E-state index in [0.29, 0.717) is 37.4 Å². The second-order valence-electron chi connectivity index (χ2n) is 5.54. The predicted molar refractivity (Wildman–Crippen MR) is 98.8 cm³/mol. The lowest BCUT2D eigenvalue weighted by molar-refractivity contribution is 0.0719. The summed E-state index contributed by atoms with van der Waals surface area (Å²) in [5.74, 6) is -0.0206. The van der Waals surface area contributed by atoms with Gasteiger partial charge in [-0.1, -0.05) is 12.1 Å². The van der Waals surface area contributed by atoms with Gasteiger partial charge in [-0.3, -0.25) is 9.59 Å². The third-order valence-electron chi connectivity index (χ3n) is 4.03. The fourth-order valence-corrected chi connectivity index (χ4v) is 3.38. The monoisotopic (exact) mass is 365 g/mol. The Bertz CT molecular complexity index is 706. The number of nitrogen functional groups attached to an aromatic ring is 1. The fourth-order valence-electron chi connectivity index (χ4n) is 2.75. The molecule has 0 bridgehead atoms. The van der Waals surface area contributed by atoms with E-state index in [-0.39, 0.29) is 24.2 Å². The van der Waals surface area contributed by atoms with E-state index in [4.69, 9.17) is 5.73 Å². The first kappa shape index (κ1) is 18.3. The highest BCUT2D eigenvalue weighted by molar-refractivity contribution is 7.08. The molecular weight excluding hydrogens is 346 g/mol. The van der Waals surface area contributed by atoms with Gasteiger partial charge in [0, 0.05) is 37.2 Å². The zero-order valence-electron chi connectivity index (χ0n) is 13.2. The Morgan fingerprint density at radius 3 is 2.25 bits per heavy atom. The molecule has 0 atom stereocenters. The van der Waals surface area contributed by atoms with Gasteiger partial charge in [-0.05, 0) is 30.0 Å². The van der Waals surface area contributed by atoms with Gasteiger partial charge >= 0.3 is 0 Å². The van der Waals surface area contributed by atoms with Crippen LogP contribution in [0.1, 0.15) is 27.1 Å². The minimum Gasteiger partial charge on any atom is -0.398 e. The maximum atomic E-state index is 12.6. The molecule has 1 aromatic carbocycles. The number of para-hydroxylation sites is 1. The number of rotatable bonds is 2. The number of thiophene rings is 1. The number of nitrogens with two attached hydrogens (primary N) is 1. The molecule has 1 aromatic heterocycles. The third-order valence-corrected chi connectivity index (χ3v) is 4.71. The molecule has 5 nitrogen and oxygen atoms in total. The lowest BCUT2D eigenvalue weighted by Crippen LogP contribution is -2.37. The fraction of sp³-hybridized carbons (Fsp3) is 0.294. The molecule has 1 aliphatic heterocycles. The van der Waals surface area contributed by atoms with Crippen LogP contribution in [0.4, 0.5) is 5.69 Å². The van der Waals surface area contributed by atoms with Gasteiger partial charge in [-0.25, -0.2) is 0 Å². The molecule has 7 heteroatoms. The van der Waals surface area contributed by atoms with Crippen molar-refractivity contribution in [3.63, 3.8) is 0 Å². The van der Waals surface area contributed by atoms with E-state index in [1.165, 1.54) is 11.3 Å². The standard InChI is InChI=1S/C17H19N3O2S.ClH/c18-15-5-2-1-4-14(15)17(22)20-8-3-7-19(9-10-20)16(21)13-6-11-23-12-13;/h1-2,4-6,11-12H,3,7-10,18H2;1H. The zero-order chi connectivity index (χ0) is 16.2. The second kappa shape index (κ2) is 8.17. The molecule has 0 aliphatic carbocycles. The van der Waals surface area contributed by atoms with Gasteiger partial charge in [-0.2, -0.15) is 11.3 Å². The minimum atomic E-state index is -0.0621. The van der Waals surface area contributed by atoms with Gasteiger partial charge in [0.2, 0.25) is 0 Å². The predicted octanol–water partition coefficient (Wildman–Crippen LogP) is 2.74. The Morgan fingerprint density at radius 2 is 1.62 bits per heavy atom. The number of carbonyl (C=O) groups is 2. The highest BCUT2D eigenvalue weighted by Gasteiger charge is 2.24. The summed E-state index contributed by atoms with van der Waals surface area (Å²) in [4.78, 5) is 28.7. The number of hydrogen-bond donors (Lipinski definition) is 1. The molecule has 2 heterocycles. The number of hydrogen-bond acceptors (Lipinski definition) is 4. The zero-order valence-corrected chi connectivity index (χ0v) is 14.8. The van der Waals surface area contributed by atoms with Gasteiger partial charge in [0.05, 0.1) is 11.1 Å². The molecule has 0 unspecified atom stereocenters. The lowest BCUT2D eigenvalue weighted by Gasteiger charge is -2.22. The molecule has 2 aromatic rings. The summed E-state index contributed by atoms with van der Waals surface area (Å²) in [6.07, 6.45) is 0.772. The van der Waals surface area contributed by atoms with Crippen molar-refractivity contribution in [3.8, 4) is 0 Å². The van der Waals surface area contributed by atoms with Crippen molar-refractivity contribution in [2.24, 2.45) is 0 Å². The molecule has 1 saturated heterocycles.